The molecule has 3 aromatic rings. The van der Waals surface area contributed by atoms with Crippen molar-refractivity contribution in [2.75, 3.05) is 31.6 Å². The molecule has 40 heavy (non-hydrogen) atoms. The monoisotopic (exact) mass is 608 g/mol. The van der Waals surface area contributed by atoms with E-state index in [4.69, 9.17) is 9.88 Å². The van der Waals surface area contributed by atoms with Crippen molar-refractivity contribution in [2.45, 2.75) is 47.5 Å². The number of nitrogens with one attached hydrogen (secondary N) is 1. The van der Waals surface area contributed by atoms with Gasteiger partial charge in [-0.3, -0.25) is 4.79 Å². The fourth-order valence-corrected chi connectivity index (χ4v) is 6.86. The van der Waals surface area contributed by atoms with Crippen molar-refractivity contribution < 1.29 is 26.4 Å². The van der Waals surface area contributed by atoms with Gasteiger partial charge in [0.1, 0.15) is 0 Å². The Morgan fingerprint density at radius 2 is 1.70 bits per heavy atom. The molecule has 15 heteroatoms. The Kier molecular flexibility index (Phi) is 9.32. The number of carbonyl (C=O) groups is 1. The number of primary sulfonamides is 1. The second kappa shape index (κ2) is 12.4. The first-order chi connectivity index (χ1) is 18.9. The molecule has 1 saturated heterocycles. The molecule has 1 aliphatic heterocycles. The third-order valence-corrected chi connectivity index (χ3v) is 9.97. The summed E-state index contributed by atoms with van der Waals surface area (Å²) in [4.78, 5) is 13.0. The van der Waals surface area contributed by atoms with Crippen LogP contribution in [0.1, 0.15) is 20.8 Å². The van der Waals surface area contributed by atoms with Crippen molar-refractivity contribution in [2.24, 2.45) is 11.1 Å². The second-order valence-electron chi connectivity index (χ2n) is 9.67. The molecular formula is C25H32N6O6S3. The van der Waals surface area contributed by atoms with Gasteiger partial charge in [-0.15, -0.1) is 10.2 Å². The van der Waals surface area contributed by atoms with Crippen LogP contribution in [0.3, 0.4) is 0 Å². The number of carbonyl (C=O) groups excluding carboxylic acids is 1. The number of amides is 1. The van der Waals surface area contributed by atoms with Crippen molar-refractivity contribution >= 4 is 43.4 Å². The van der Waals surface area contributed by atoms with Crippen LogP contribution in [0.5, 0.6) is 0 Å². The van der Waals surface area contributed by atoms with E-state index in [-0.39, 0.29) is 21.6 Å². The first kappa shape index (κ1) is 30.1. The average molecular weight is 609 g/mol. The summed E-state index contributed by atoms with van der Waals surface area (Å²) in [5, 5.41) is 16.5. The molecule has 4 rings (SSSR count). The molecule has 2 aromatic carbocycles. The number of aromatic nitrogens is 3. The van der Waals surface area contributed by atoms with E-state index in [0.717, 1.165) is 0 Å². The molecule has 0 aliphatic carbocycles. The molecular weight excluding hydrogens is 577 g/mol. The zero-order valence-electron chi connectivity index (χ0n) is 22.3. The number of nitrogens with two attached hydrogens (primary N) is 1. The van der Waals surface area contributed by atoms with E-state index in [1.54, 1.807) is 31.2 Å². The van der Waals surface area contributed by atoms with Gasteiger partial charge in [-0.2, -0.15) is 4.31 Å². The number of sulfonamides is 2. The van der Waals surface area contributed by atoms with Crippen molar-refractivity contribution in [3.63, 3.8) is 0 Å². The number of thioether (sulfide) groups is 1. The highest BCUT2D eigenvalue weighted by molar-refractivity contribution is 8.00. The quantitative estimate of drug-likeness (QED) is 0.329. The molecule has 2 heterocycles. The number of hydrogen-bond donors (Lipinski definition) is 2. The summed E-state index contributed by atoms with van der Waals surface area (Å²) in [7, 11) is -7.53. The molecule has 0 spiro atoms. The van der Waals surface area contributed by atoms with Gasteiger partial charge in [0.25, 0.3) is 0 Å². The van der Waals surface area contributed by atoms with Crippen LogP contribution < -0.4 is 10.5 Å². The lowest BCUT2D eigenvalue weighted by molar-refractivity contribution is -0.115. The molecule has 0 saturated carbocycles. The predicted octanol–water partition coefficient (Wildman–Crippen LogP) is 2.39. The zero-order valence-corrected chi connectivity index (χ0v) is 24.8. The Balaban J connectivity index is 1.55. The topological polar surface area (TPSA) is 167 Å². The summed E-state index contributed by atoms with van der Waals surface area (Å²) in [6, 6.07) is 12.2. The zero-order chi connectivity index (χ0) is 29.1. The minimum absolute atomic E-state index is 0.0518. The molecule has 1 aromatic heterocycles. The predicted molar refractivity (Wildman–Crippen MR) is 152 cm³/mol. The maximum Gasteiger partial charge on any atom is 0.243 e. The number of nitrogens with zero attached hydrogens (tertiary/aromatic N) is 4. The number of hydrogen-bond acceptors (Lipinski definition) is 9. The number of benzene rings is 2. The number of ether oxygens (including phenoxy) is 1. The average Bonchev–Trinajstić information content (AvgIpc) is 3.30. The van der Waals surface area contributed by atoms with E-state index in [9.17, 15) is 21.6 Å². The van der Waals surface area contributed by atoms with Crippen LogP contribution in [0, 0.1) is 5.92 Å². The van der Waals surface area contributed by atoms with E-state index in [2.05, 4.69) is 15.5 Å². The lowest BCUT2D eigenvalue weighted by Crippen LogP contribution is -2.40. The van der Waals surface area contributed by atoms with Crippen LogP contribution in [-0.2, 0) is 36.1 Å². The molecule has 1 aliphatic rings. The minimum atomic E-state index is -3.83. The SMILES string of the molecule is CC(C)Cn1c(S[C@H](C)C(=O)Nc2ccc(S(N)(=O)=O)cc2)nnc1-c1cccc(S(=O)(=O)N2CCOCC2)c1. The number of rotatable bonds is 10. The third-order valence-electron chi connectivity index (χ3n) is 6.07. The highest BCUT2D eigenvalue weighted by Gasteiger charge is 2.28. The Morgan fingerprint density at radius 3 is 2.33 bits per heavy atom. The smallest absolute Gasteiger partial charge is 0.243 e. The van der Waals surface area contributed by atoms with Crippen molar-refractivity contribution in [1.29, 1.82) is 0 Å². The molecule has 0 bridgehead atoms. The van der Waals surface area contributed by atoms with E-state index < -0.39 is 25.3 Å². The van der Waals surface area contributed by atoms with Gasteiger partial charge < -0.3 is 14.6 Å². The van der Waals surface area contributed by atoms with Crippen molar-refractivity contribution in [1.82, 2.24) is 19.1 Å². The maximum atomic E-state index is 13.2. The van der Waals surface area contributed by atoms with Crippen molar-refractivity contribution in [3.8, 4) is 11.4 Å². The fraction of sp³-hybridized carbons (Fsp3) is 0.400. The lowest BCUT2D eigenvalue weighted by Gasteiger charge is -2.26. The van der Waals surface area contributed by atoms with Crippen molar-refractivity contribution in [3.05, 3.63) is 48.5 Å². The fourth-order valence-electron chi connectivity index (χ4n) is 4.03. The Hall–Kier alpha value is -2.82. The summed E-state index contributed by atoms with van der Waals surface area (Å²) in [6.07, 6.45) is 0. The second-order valence-corrected chi connectivity index (χ2v) is 14.5. The molecule has 1 atom stereocenters. The number of anilines is 1. The van der Waals surface area contributed by atoms with Gasteiger partial charge >= 0.3 is 0 Å². The Bertz CT molecular complexity index is 1570. The maximum absolute atomic E-state index is 13.2. The largest absolute Gasteiger partial charge is 0.379 e. The highest BCUT2D eigenvalue weighted by Crippen LogP contribution is 2.30. The van der Waals surface area contributed by atoms with Gasteiger partial charge in [0.15, 0.2) is 11.0 Å². The number of morpholine rings is 1. The van der Waals surface area contributed by atoms with Crippen LogP contribution >= 0.6 is 11.8 Å². The summed E-state index contributed by atoms with van der Waals surface area (Å²) in [6.45, 7) is 7.67. The molecule has 1 fully saturated rings. The van der Waals surface area contributed by atoms with Crippen LogP contribution in [0.2, 0.25) is 0 Å². The molecule has 3 N–H and O–H groups in total. The van der Waals surface area contributed by atoms with Gasteiger partial charge in [0.05, 0.1) is 28.3 Å². The standard InChI is InChI=1S/C25H32N6O6S3/c1-17(2)16-31-23(19-5-4-6-22(15-19)40(35,36)30-11-13-37-14-12-30)28-29-25(31)38-18(3)24(32)27-20-7-9-21(10-8-20)39(26,33)34/h4-10,15,17-18H,11-14,16H2,1-3H3,(H,27,32)(H2,26,33,34)/t18-/m1/s1. The Labute approximate surface area is 238 Å². The summed E-state index contributed by atoms with van der Waals surface area (Å²) >= 11 is 1.22. The van der Waals surface area contributed by atoms with Gasteiger partial charge in [-0.25, -0.2) is 22.0 Å². The summed E-state index contributed by atoms with van der Waals surface area (Å²) < 4.78 is 58.0. The first-order valence-electron chi connectivity index (χ1n) is 12.6. The van der Waals surface area contributed by atoms with E-state index in [0.29, 0.717) is 55.1 Å². The van der Waals surface area contributed by atoms with E-state index in [1.807, 2.05) is 18.4 Å². The Morgan fingerprint density at radius 1 is 1.02 bits per heavy atom. The van der Waals surface area contributed by atoms with Crippen LogP contribution in [-0.4, -0.2) is 73.4 Å². The van der Waals surface area contributed by atoms with Gasteiger partial charge in [-0.05, 0) is 49.2 Å². The minimum Gasteiger partial charge on any atom is -0.379 e. The normalized spacial score (nSPS) is 15.7. The lowest BCUT2D eigenvalue weighted by atomic mass is 10.2. The molecule has 12 nitrogen and oxygen atoms in total. The van der Waals surface area contributed by atoms with E-state index >= 15 is 0 Å². The van der Waals surface area contributed by atoms with Gasteiger partial charge in [0.2, 0.25) is 26.0 Å². The first-order valence-corrected chi connectivity index (χ1v) is 16.4. The van der Waals surface area contributed by atoms with Crippen LogP contribution in [0.25, 0.3) is 11.4 Å². The van der Waals surface area contributed by atoms with Crippen LogP contribution in [0.4, 0.5) is 5.69 Å². The molecule has 0 unspecified atom stereocenters. The highest BCUT2D eigenvalue weighted by atomic mass is 32.2. The van der Waals surface area contributed by atoms with Crippen LogP contribution in [0.15, 0.2) is 63.5 Å². The summed E-state index contributed by atoms with van der Waals surface area (Å²) in [5.74, 6) is 0.407. The third kappa shape index (κ3) is 7.08. The molecule has 1 amide bonds. The summed E-state index contributed by atoms with van der Waals surface area (Å²) in [5.41, 5.74) is 1.02. The van der Waals surface area contributed by atoms with Gasteiger partial charge in [0, 0.05) is 30.9 Å². The van der Waals surface area contributed by atoms with Gasteiger partial charge in [-0.1, -0.05) is 37.7 Å². The van der Waals surface area contributed by atoms with E-state index in [1.165, 1.54) is 40.3 Å². The molecule has 216 valence electrons. The molecule has 0 radical (unpaired) electrons.